The number of fused-ring (bicyclic) bond motifs is 1. The minimum atomic E-state index is -3.08. The predicted octanol–water partition coefficient (Wildman–Crippen LogP) is 1.84. The van der Waals surface area contributed by atoms with Crippen LogP contribution in [-0.4, -0.2) is 20.7 Å². The SMILES string of the molecule is CCS(=O)(=O)c1cccc2c1CCCN2. The van der Waals surface area contributed by atoms with Crippen LogP contribution in [0.4, 0.5) is 5.69 Å². The third-order valence-electron chi connectivity index (χ3n) is 2.77. The van der Waals surface area contributed by atoms with Gasteiger partial charge >= 0.3 is 0 Å². The molecule has 0 saturated heterocycles. The van der Waals surface area contributed by atoms with Gasteiger partial charge in [0.25, 0.3) is 0 Å². The van der Waals surface area contributed by atoms with Crippen molar-refractivity contribution in [1.82, 2.24) is 0 Å². The van der Waals surface area contributed by atoms with Gasteiger partial charge in [-0.3, -0.25) is 0 Å². The van der Waals surface area contributed by atoms with Gasteiger partial charge in [-0.2, -0.15) is 0 Å². The minimum absolute atomic E-state index is 0.170. The van der Waals surface area contributed by atoms with E-state index in [4.69, 9.17) is 0 Å². The van der Waals surface area contributed by atoms with E-state index in [1.165, 1.54) is 0 Å². The molecule has 1 heterocycles. The second kappa shape index (κ2) is 3.85. The standard InChI is InChI=1S/C11H15NO2S/c1-2-15(13,14)11-7-3-6-10-9(11)5-4-8-12-10/h3,6-7,12H,2,4-5,8H2,1H3. The third kappa shape index (κ3) is 1.86. The summed E-state index contributed by atoms with van der Waals surface area (Å²) < 4.78 is 23.7. The normalized spacial score (nSPS) is 15.5. The van der Waals surface area contributed by atoms with E-state index in [9.17, 15) is 8.42 Å². The van der Waals surface area contributed by atoms with E-state index in [1.807, 2.05) is 6.07 Å². The highest BCUT2D eigenvalue weighted by Gasteiger charge is 2.20. The molecular formula is C11H15NO2S. The molecule has 1 N–H and O–H groups in total. The van der Waals surface area contributed by atoms with Crippen molar-refractivity contribution in [3.63, 3.8) is 0 Å². The topological polar surface area (TPSA) is 46.2 Å². The van der Waals surface area contributed by atoms with E-state index >= 15 is 0 Å². The van der Waals surface area contributed by atoms with Crippen LogP contribution in [0.3, 0.4) is 0 Å². The maximum Gasteiger partial charge on any atom is 0.178 e. The fourth-order valence-corrected chi connectivity index (χ4v) is 3.11. The molecule has 0 saturated carbocycles. The summed E-state index contributed by atoms with van der Waals surface area (Å²) in [6.07, 6.45) is 1.86. The zero-order chi connectivity index (χ0) is 10.9. The number of hydrogen-bond acceptors (Lipinski definition) is 3. The van der Waals surface area contributed by atoms with Gasteiger partial charge in [-0.15, -0.1) is 0 Å². The molecule has 0 aliphatic carbocycles. The zero-order valence-corrected chi connectivity index (χ0v) is 9.60. The van der Waals surface area contributed by atoms with Gasteiger partial charge in [-0.25, -0.2) is 8.42 Å². The van der Waals surface area contributed by atoms with Crippen molar-refractivity contribution in [2.75, 3.05) is 17.6 Å². The van der Waals surface area contributed by atoms with E-state index in [0.29, 0.717) is 4.90 Å². The lowest BCUT2D eigenvalue weighted by Crippen LogP contribution is -2.16. The van der Waals surface area contributed by atoms with Gasteiger partial charge in [0.05, 0.1) is 10.6 Å². The van der Waals surface area contributed by atoms with E-state index < -0.39 is 9.84 Å². The van der Waals surface area contributed by atoms with Crippen LogP contribution in [-0.2, 0) is 16.3 Å². The predicted molar refractivity (Wildman–Crippen MR) is 61.0 cm³/mol. The van der Waals surface area contributed by atoms with E-state index in [-0.39, 0.29) is 5.75 Å². The summed E-state index contributed by atoms with van der Waals surface area (Å²) >= 11 is 0. The maximum atomic E-state index is 11.8. The Balaban J connectivity index is 2.58. The number of nitrogens with one attached hydrogen (secondary N) is 1. The molecule has 0 fully saturated rings. The van der Waals surface area contributed by atoms with Crippen LogP contribution >= 0.6 is 0 Å². The minimum Gasteiger partial charge on any atom is -0.385 e. The van der Waals surface area contributed by atoms with Crippen LogP contribution < -0.4 is 5.32 Å². The first-order valence-electron chi connectivity index (χ1n) is 5.23. The molecule has 0 radical (unpaired) electrons. The number of rotatable bonds is 2. The summed E-state index contributed by atoms with van der Waals surface area (Å²) in [4.78, 5) is 0.509. The van der Waals surface area contributed by atoms with E-state index in [1.54, 1.807) is 19.1 Å². The lowest BCUT2D eigenvalue weighted by atomic mass is 10.0. The Hall–Kier alpha value is -1.03. The smallest absolute Gasteiger partial charge is 0.178 e. The van der Waals surface area contributed by atoms with Crippen molar-refractivity contribution in [2.24, 2.45) is 0 Å². The molecule has 0 atom stereocenters. The molecule has 2 rings (SSSR count). The highest BCUT2D eigenvalue weighted by atomic mass is 32.2. The summed E-state index contributed by atoms with van der Waals surface area (Å²) in [7, 11) is -3.08. The van der Waals surface area contributed by atoms with Crippen molar-refractivity contribution >= 4 is 15.5 Å². The van der Waals surface area contributed by atoms with Crippen LogP contribution in [0.1, 0.15) is 18.9 Å². The highest BCUT2D eigenvalue weighted by molar-refractivity contribution is 7.91. The molecule has 1 aliphatic rings. The van der Waals surface area contributed by atoms with Crippen LogP contribution in [0.2, 0.25) is 0 Å². The fourth-order valence-electron chi connectivity index (χ4n) is 1.92. The molecule has 82 valence electrons. The zero-order valence-electron chi connectivity index (χ0n) is 8.79. The van der Waals surface area contributed by atoms with Gasteiger partial charge in [0.1, 0.15) is 0 Å². The molecule has 1 aliphatic heterocycles. The largest absolute Gasteiger partial charge is 0.385 e. The molecule has 1 aromatic rings. The average Bonchev–Trinajstić information content (AvgIpc) is 2.28. The lowest BCUT2D eigenvalue weighted by Gasteiger charge is -2.20. The van der Waals surface area contributed by atoms with Gasteiger partial charge in [0.2, 0.25) is 0 Å². The van der Waals surface area contributed by atoms with Crippen LogP contribution in [0.5, 0.6) is 0 Å². The van der Waals surface area contributed by atoms with Crippen LogP contribution in [0.15, 0.2) is 23.1 Å². The third-order valence-corrected chi connectivity index (χ3v) is 4.58. The monoisotopic (exact) mass is 225 g/mol. The Morgan fingerprint density at radius 3 is 2.93 bits per heavy atom. The molecule has 0 unspecified atom stereocenters. The first-order valence-corrected chi connectivity index (χ1v) is 6.89. The molecule has 0 amide bonds. The first kappa shape index (κ1) is 10.5. The van der Waals surface area contributed by atoms with E-state index in [2.05, 4.69) is 5.32 Å². The Bertz CT molecular complexity index is 465. The molecule has 1 aromatic carbocycles. The summed E-state index contributed by atoms with van der Waals surface area (Å²) in [5.74, 6) is 0.170. The van der Waals surface area contributed by atoms with Crippen molar-refractivity contribution in [3.05, 3.63) is 23.8 Å². The Morgan fingerprint density at radius 1 is 1.40 bits per heavy atom. The summed E-state index contributed by atoms with van der Waals surface area (Å²) in [5.41, 5.74) is 1.95. The fraction of sp³-hybridized carbons (Fsp3) is 0.455. The van der Waals surface area contributed by atoms with Crippen molar-refractivity contribution < 1.29 is 8.42 Å². The molecular weight excluding hydrogens is 210 g/mol. The van der Waals surface area contributed by atoms with E-state index in [0.717, 1.165) is 30.6 Å². The van der Waals surface area contributed by atoms with Crippen LogP contribution in [0, 0.1) is 0 Å². The van der Waals surface area contributed by atoms with Gasteiger partial charge in [0, 0.05) is 12.2 Å². The van der Waals surface area contributed by atoms with Gasteiger partial charge in [-0.1, -0.05) is 13.0 Å². The molecule has 3 nitrogen and oxygen atoms in total. The number of benzene rings is 1. The maximum absolute atomic E-state index is 11.8. The molecule has 0 bridgehead atoms. The van der Waals surface area contributed by atoms with Crippen molar-refractivity contribution in [1.29, 1.82) is 0 Å². The molecule has 0 spiro atoms. The van der Waals surface area contributed by atoms with Crippen molar-refractivity contribution in [2.45, 2.75) is 24.7 Å². The Labute approximate surface area is 90.4 Å². The Morgan fingerprint density at radius 2 is 2.20 bits per heavy atom. The molecule has 15 heavy (non-hydrogen) atoms. The second-order valence-corrected chi connectivity index (χ2v) is 5.96. The summed E-state index contributed by atoms with van der Waals surface area (Å²) in [6.45, 7) is 2.62. The van der Waals surface area contributed by atoms with Gasteiger partial charge < -0.3 is 5.32 Å². The summed E-state index contributed by atoms with van der Waals surface area (Å²) in [6, 6.07) is 5.47. The second-order valence-electron chi connectivity index (χ2n) is 3.72. The number of sulfone groups is 1. The summed E-state index contributed by atoms with van der Waals surface area (Å²) in [5, 5.41) is 3.23. The number of anilines is 1. The molecule has 4 heteroatoms. The number of hydrogen-bond donors (Lipinski definition) is 1. The molecule has 0 aromatic heterocycles. The highest BCUT2D eigenvalue weighted by Crippen LogP contribution is 2.28. The first-order chi connectivity index (χ1) is 7.15. The van der Waals surface area contributed by atoms with Gasteiger partial charge in [-0.05, 0) is 30.5 Å². The van der Waals surface area contributed by atoms with Crippen LogP contribution in [0.25, 0.3) is 0 Å². The van der Waals surface area contributed by atoms with Crippen molar-refractivity contribution in [3.8, 4) is 0 Å². The average molecular weight is 225 g/mol. The Kier molecular flexibility index (Phi) is 2.69. The van der Waals surface area contributed by atoms with Gasteiger partial charge in [0.15, 0.2) is 9.84 Å². The quantitative estimate of drug-likeness (QED) is 0.835. The lowest BCUT2D eigenvalue weighted by molar-refractivity contribution is 0.595.